The second-order valence-electron chi connectivity index (χ2n) is 4.57. The first-order valence-electron chi connectivity index (χ1n) is 4.63. The first-order valence-corrected chi connectivity index (χ1v) is 6.02. The van der Waals surface area contributed by atoms with Crippen molar-refractivity contribution in [2.75, 3.05) is 0 Å². The summed E-state index contributed by atoms with van der Waals surface area (Å²) in [4.78, 5) is 0. The molecule has 0 bridgehead atoms. The van der Waals surface area contributed by atoms with E-state index < -0.39 is 9.76 Å². The van der Waals surface area contributed by atoms with Crippen LogP contribution in [0.2, 0.25) is 5.54 Å². The quantitative estimate of drug-likeness (QED) is 0.484. The van der Waals surface area contributed by atoms with Crippen LogP contribution in [0.1, 0.15) is 34.6 Å². The van der Waals surface area contributed by atoms with Crippen LogP contribution in [0, 0.1) is 5.92 Å². The summed E-state index contributed by atoms with van der Waals surface area (Å²) >= 11 is 0. The first kappa shape index (κ1) is 11.9. The summed E-state index contributed by atoms with van der Waals surface area (Å²) in [5, 5.41) is 0. The average Bonchev–Trinajstić information content (AvgIpc) is 1.85. The van der Waals surface area contributed by atoms with E-state index >= 15 is 0 Å². The fourth-order valence-corrected chi connectivity index (χ4v) is 2.09. The van der Waals surface area contributed by atoms with Crippen LogP contribution in [0.5, 0.6) is 0 Å². The maximum Gasteiger partial charge on any atom is 0.169 e. The third kappa shape index (κ3) is 5.55. The second-order valence-corrected chi connectivity index (χ2v) is 6.13. The number of allylic oxidation sites excluding steroid dienone is 1. The summed E-state index contributed by atoms with van der Waals surface area (Å²) in [6, 6.07) is 0. The molecule has 0 aromatic rings. The lowest BCUT2D eigenvalue weighted by atomic mass is 10.1. The monoisotopic (exact) mass is 186 g/mol. The highest BCUT2D eigenvalue weighted by atomic mass is 28.2. The molecule has 0 amide bonds. The molecular weight excluding hydrogens is 164 g/mol. The molecule has 0 heterocycles. The van der Waals surface area contributed by atoms with Gasteiger partial charge in [-0.1, -0.05) is 19.9 Å². The minimum atomic E-state index is -0.444. The van der Waals surface area contributed by atoms with Gasteiger partial charge in [0.05, 0.1) is 0 Å². The molecule has 0 saturated heterocycles. The molecule has 2 heteroatoms. The highest BCUT2D eigenvalue weighted by Crippen LogP contribution is 2.19. The zero-order valence-corrected chi connectivity index (χ0v) is 10.5. The van der Waals surface area contributed by atoms with Crippen LogP contribution in [0.4, 0.5) is 0 Å². The van der Waals surface area contributed by atoms with Gasteiger partial charge < -0.3 is 4.43 Å². The smallest absolute Gasteiger partial charge is 0.169 e. The molecule has 0 saturated carbocycles. The highest BCUT2D eigenvalue weighted by Gasteiger charge is 2.15. The Morgan fingerprint density at radius 2 is 1.83 bits per heavy atom. The summed E-state index contributed by atoms with van der Waals surface area (Å²) in [6.07, 6.45) is 2.04. The van der Waals surface area contributed by atoms with Gasteiger partial charge in [-0.3, -0.25) is 0 Å². The van der Waals surface area contributed by atoms with Crippen molar-refractivity contribution in [1.82, 2.24) is 0 Å². The van der Waals surface area contributed by atoms with Crippen molar-refractivity contribution in [1.29, 1.82) is 0 Å². The molecule has 0 aromatic heterocycles. The Hall–Kier alpha value is -0.0831. The SMILES string of the molecule is C=CC([SiH2]OC(C)(C)C)C(C)C. The first-order chi connectivity index (χ1) is 5.37. The lowest BCUT2D eigenvalue weighted by Gasteiger charge is -2.24. The molecular formula is C10H22OSi. The summed E-state index contributed by atoms with van der Waals surface area (Å²) < 4.78 is 5.81. The van der Waals surface area contributed by atoms with Crippen molar-refractivity contribution < 1.29 is 4.43 Å². The minimum Gasteiger partial charge on any atom is -0.419 e. The van der Waals surface area contributed by atoms with Gasteiger partial charge in [0.1, 0.15) is 0 Å². The summed E-state index contributed by atoms with van der Waals surface area (Å²) in [6.45, 7) is 14.6. The maximum absolute atomic E-state index is 5.81. The van der Waals surface area contributed by atoms with Gasteiger partial charge in [-0.2, -0.15) is 0 Å². The lowest BCUT2D eigenvalue weighted by Crippen LogP contribution is -2.25. The van der Waals surface area contributed by atoms with E-state index in [0.29, 0.717) is 11.5 Å². The van der Waals surface area contributed by atoms with E-state index in [9.17, 15) is 0 Å². The van der Waals surface area contributed by atoms with Crippen LogP contribution < -0.4 is 0 Å². The van der Waals surface area contributed by atoms with Gasteiger partial charge in [0.25, 0.3) is 0 Å². The predicted molar refractivity (Wildman–Crippen MR) is 58.2 cm³/mol. The molecule has 12 heavy (non-hydrogen) atoms. The normalized spacial score (nSPS) is 15.8. The Bertz CT molecular complexity index is 135. The molecule has 0 aliphatic rings. The van der Waals surface area contributed by atoms with E-state index in [0.717, 1.165) is 0 Å². The van der Waals surface area contributed by atoms with Crippen LogP contribution in [-0.2, 0) is 4.43 Å². The Kier molecular flexibility index (Phi) is 4.79. The zero-order valence-electron chi connectivity index (χ0n) is 9.05. The second kappa shape index (κ2) is 4.82. The molecule has 0 rings (SSSR count). The number of hydrogen-bond donors (Lipinski definition) is 0. The van der Waals surface area contributed by atoms with Crippen LogP contribution in [0.25, 0.3) is 0 Å². The fraction of sp³-hybridized carbons (Fsp3) is 0.800. The van der Waals surface area contributed by atoms with E-state index in [-0.39, 0.29) is 5.60 Å². The van der Waals surface area contributed by atoms with E-state index in [1.54, 1.807) is 0 Å². The molecule has 1 atom stereocenters. The Labute approximate surface area is 79.1 Å². The molecule has 1 unspecified atom stereocenters. The fourth-order valence-electron chi connectivity index (χ4n) is 0.879. The molecule has 0 N–H and O–H groups in total. The van der Waals surface area contributed by atoms with E-state index in [1.807, 2.05) is 6.08 Å². The molecule has 1 nitrogen and oxygen atoms in total. The van der Waals surface area contributed by atoms with Gasteiger partial charge >= 0.3 is 0 Å². The number of hydrogen-bond acceptors (Lipinski definition) is 1. The van der Waals surface area contributed by atoms with Crippen LogP contribution in [-0.4, -0.2) is 15.4 Å². The standard InChI is InChI=1S/C10H22OSi/c1-7-9(8(2)3)12-11-10(4,5)6/h7-9H,1,12H2,2-6H3. The Balaban J connectivity index is 3.81. The molecule has 0 aliphatic heterocycles. The Morgan fingerprint density at radius 3 is 2.08 bits per heavy atom. The van der Waals surface area contributed by atoms with E-state index in [1.165, 1.54) is 0 Å². The predicted octanol–water partition coefficient (Wildman–Crippen LogP) is 2.52. The van der Waals surface area contributed by atoms with Crippen molar-refractivity contribution in [2.45, 2.75) is 45.8 Å². The van der Waals surface area contributed by atoms with Crippen LogP contribution >= 0.6 is 0 Å². The van der Waals surface area contributed by atoms with E-state index in [4.69, 9.17) is 4.43 Å². The molecule has 0 spiro atoms. The summed E-state index contributed by atoms with van der Waals surface area (Å²) in [5.41, 5.74) is 0.645. The van der Waals surface area contributed by atoms with Crippen molar-refractivity contribution in [3.8, 4) is 0 Å². The van der Waals surface area contributed by atoms with Gasteiger partial charge in [0.15, 0.2) is 9.76 Å². The van der Waals surface area contributed by atoms with Gasteiger partial charge in [0.2, 0.25) is 0 Å². The van der Waals surface area contributed by atoms with Gasteiger partial charge in [-0.15, -0.1) is 6.58 Å². The van der Waals surface area contributed by atoms with Crippen molar-refractivity contribution in [3.05, 3.63) is 12.7 Å². The highest BCUT2D eigenvalue weighted by molar-refractivity contribution is 6.30. The average molecular weight is 186 g/mol. The van der Waals surface area contributed by atoms with Gasteiger partial charge in [-0.05, 0) is 32.2 Å². The third-order valence-corrected chi connectivity index (χ3v) is 4.56. The minimum absolute atomic E-state index is 0.0301. The van der Waals surface area contributed by atoms with Crippen LogP contribution in [0.3, 0.4) is 0 Å². The number of rotatable bonds is 4. The lowest BCUT2D eigenvalue weighted by molar-refractivity contribution is 0.135. The van der Waals surface area contributed by atoms with Crippen molar-refractivity contribution in [3.63, 3.8) is 0 Å². The topological polar surface area (TPSA) is 9.23 Å². The van der Waals surface area contributed by atoms with Gasteiger partial charge in [-0.25, -0.2) is 0 Å². The molecule has 72 valence electrons. The van der Waals surface area contributed by atoms with Crippen LogP contribution in [0.15, 0.2) is 12.7 Å². The molecule has 0 radical (unpaired) electrons. The molecule has 0 fully saturated rings. The zero-order chi connectivity index (χ0) is 9.78. The van der Waals surface area contributed by atoms with Gasteiger partial charge in [0, 0.05) is 5.60 Å². The third-order valence-electron chi connectivity index (χ3n) is 1.87. The van der Waals surface area contributed by atoms with Crippen molar-refractivity contribution in [2.24, 2.45) is 5.92 Å². The summed E-state index contributed by atoms with van der Waals surface area (Å²) in [5.74, 6) is 0.677. The summed E-state index contributed by atoms with van der Waals surface area (Å²) in [7, 11) is -0.444. The molecule has 0 aliphatic carbocycles. The van der Waals surface area contributed by atoms with Crippen molar-refractivity contribution >= 4 is 9.76 Å². The van der Waals surface area contributed by atoms with E-state index in [2.05, 4.69) is 41.2 Å². The molecule has 0 aromatic carbocycles. The Morgan fingerprint density at radius 1 is 1.33 bits per heavy atom. The largest absolute Gasteiger partial charge is 0.419 e. The maximum atomic E-state index is 5.81.